The number of piperazine rings is 1. The molecule has 2 saturated heterocycles. The Hall–Kier alpha value is -1.57. The summed E-state index contributed by atoms with van der Waals surface area (Å²) in [6.45, 7) is 16.0. The fourth-order valence-corrected chi connectivity index (χ4v) is 3.57. The zero-order chi connectivity index (χ0) is 20.5. The summed E-state index contributed by atoms with van der Waals surface area (Å²) >= 11 is 0. The first-order chi connectivity index (χ1) is 13.1. The van der Waals surface area contributed by atoms with Gasteiger partial charge in [-0.2, -0.15) is 0 Å². The van der Waals surface area contributed by atoms with Crippen molar-refractivity contribution in [3.05, 3.63) is 24.3 Å². The van der Waals surface area contributed by atoms with Gasteiger partial charge in [0, 0.05) is 26.2 Å². The van der Waals surface area contributed by atoms with E-state index in [1.165, 1.54) is 0 Å². The minimum Gasteiger partial charge on any atom is -0.492 e. The second kappa shape index (κ2) is 8.05. The van der Waals surface area contributed by atoms with Gasteiger partial charge in [0.05, 0.1) is 17.2 Å². The lowest BCUT2D eigenvalue weighted by atomic mass is 9.79. The van der Waals surface area contributed by atoms with Gasteiger partial charge in [-0.25, -0.2) is 0 Å². The zero-order valence-corrected chi connectivity index (χ0v) is 18.0. The monoisotopic (exact) mass is 388 g/mol. The van der Waals surface area contributed by atoms with Gasteiger partial charge in [-0.15, -0.1) is 0 Å². The first-order valence-electron chi connectivity index (χ1n) is 10.3. The summed E-state index contributed by atoms with van der Waals surface area (Å²) in [5, 5.41) is 0. The second-order valence-corrected chi connectivity index (χ2v) is 8.64. The van der Waals surface area contributed by atoms with Crippen molar-refractivity contribution in [3.8, 4) is 5.75 Å². The molecule has 0 spiro atoms. The smallest absolute Gasteiger partial charge is 0.492 e. The van der Waals surface area contributed by atoms with Crippen LogP contribution in [0.5, 0.6) is 5.75 Å². The molecule has 2 fully saturated rings. The maximum atomic E-state index is 12.3. The SMILES string of the molecule is CCN1CCN(CCOc2ccc(B3OC(C)(C)C(C)(C)O3)cc2)[C@H](C)C1=O. The molecule has 6 nitrogen and oxygen atoms in total. The number of likely N-dealkylation sites (N-methyl/N-ethyl adjacent to an activating group) is 1. The minimum absolute atomic E-state index is 0.0805. The number of hydrogen-bond donors (Lipinski definition) is 0. The van der Waals surface area contributed by atoms with Crippen molar-refractivity contribution in [2.24, 2.45) is 0 Å². The van der Waals surface area contributed by atoms with Crippen LogP contribution in [-0.4, -0.2) is 72.9 Å². The van der Waals surface area contributed by atoms with E-state index in [0.29, 0.717) is 6.61 Å². The number of amides is 1. The molecule has 0 bridgehead atoms. The van der Waals surface area contributed by atoms with Gasteiger partial charge < -0.3 is 18.9 Å². The highest BCUT2D eigenvalue weighted by molar-refractivity contribution is 6.62. The van der Waals surface area contributed by atoms with Crippen molar-refractivity contribution in [3.63, 3.8) is 0 Å². The Morgan fingerprint density at radius 3 is 2.29 bits per heavy atom. The van der Waals surface area contributed by atoms with Gasteiger partial charge in [-0.3, -0.25) is 9.69 Å². The molecule has 28 heavy (non-hydrogen) atoms. The molecular formula is C21H33BN2O4. The second-order valence-electron chi connectivity index (χ2n) is 8.64. The van der Waals surface area contributed by atoms with Crippen LogP contribution in [-0.2, 0) is 14.1 Å². The number of benzene rings is 1. The predicted octanol–water partition coefficient (Wildman–Crippen LogP) is 1.92. The molecule has 1 aromatic carbocycles. The molecule has 2 aliphatic rings. The summed E-state index contributed by atoms with van der Waals surface area (Å²) in [5.74, 6) is 1.02. The van der Waals surface area contributed by atoms with Crippen LogP contribution in [0.4, 0.5) is 0 Å². The lowest BCUT2D eigenvalue weighted by Crippen LogP contribution is -2.56. The molecule has 0 radical (unpaired) electrons. The summed E-state index contributed by atoms with van der Waals surface area (Å²) in [5.41, 5.74) is 0.298. The average Bonchev–Trinajstić information content (AvgIpc) is 2.87. The molecule has 1 amide bonds. The van der Waals surface area contributed by atoms with E-state index in [1.54, 1.807) is 0 Å². The van der Waals surface area contributed by atoms with E-state index in [4.69, 9.17) is 14.0 Å². The number of carbonyl (C=O) groups is 1. The van der Waals surface area contributed by atoms with Crippen molar-refractivity contribution in [1.29, 1.82) is 0 Å². The molecule has 0 aliphatic carbocycles. The third-order valence-electron chi connectivity index (χ3n) is 6.31. The van der Waals surface area contributed by atoms with E-state index in [-0.39, 0.29) is 30.3 Å². The van der Waals surface area contributed by atoms with Gasteiger partial charge in [-0.1, -0.05) is 12.1 Å². The van der Waals surface area contributed by atoms with Crippen molar-refractivity contribution >= 4 is 18.5 Å². The van der Waals surface area contributed by atoms with Crippen LogP contribution in [0.2, 0.25) is 0 Å². The van der Waals surface area contributed by atoms with E-state index in [0.717, 1.165) is 37.4 Å². The Labute approximate surface area is 169 Å². The van der Waals surface area contributed by atoms with Crippen LogP contribution in [0, 0.1) is 0 Å². The van der Waals surface area contributed by atoms with Gasteiger partial charge in [0.1, 0.15) is 12.4 Å². The average molecular weight is 388 g/mol. The maximum Gasteiger partial charge on any atom is 0.494 e. The lowest BCUT2D eigenvalue weighted by Gasteiger charge is -2.38. The molecule has 154 valence electrons. The molecule has 3 rings (SSSR count). The van der Waals surface area contributed by atoms with Crippen molar-refractivity contribution in [2.45, 2.75) is 58.8 Å². The quantitative estimate of drug-likeness (QED) is 0.697. The van der Waals surface area contributed by atoms with E-state index < -0.39 is 0 Å². The lowest BCUT2D eigenvalue weighted by molar-refractivity contribution is -0.140. The summed E-state index contributed by atoms with van der Waals surface area (Å²) < 4.78 is 18.1. The normalized spacial score (nSPS) is 24.6. The molecule has 0 N–H and O–H groups in total. The highest BCUT2D eigenvalue weighted by atomic mass is 16.7. The van der Waals surface area contributed by atoms with Crippen LogP contribution in [0.3, 0.4) is 0 Å². The van der Waals surface area contributed by atoms with Gasteiger partial charge in [0.15, 0.2) is 0 Å². The highest BCUT2D eigenvalue weighted by Crippen LogP contribution is 2.36. The fourth-order valence-electron chi connectivity index (χ4n) is 3.57. The Kier molecular flexibility index (Phi) is 6.08. The molecule has 2 aliphatic heterocycles. The van der Waals surface area contributed by atoms with Crippen LogP contribution < -0.4 is 10.2 Å². The van der Waals surface area contributed by atoms with Crippen molar-refractivity contribution in [2.75, 3.05) is 32.8 Å². The minimum atomic E-state index is -0.360. The number of ether oxygens (including phenoxy) is 1. The van der Waals surface area contributed by atoms with E-state index >= 15 is 0 Å². The van der Waals surface area contributed by atoms with E-state index in [2.05, 4.69) is 32.6 Å². The first-order valence-corrected chi connectivity index (χ1v) is 10.3. The van der Waals surface area contributed by atoms with Gasteiger partial charge in [0.2, 0.25) is 5.91 Å². The third kappa shape index (κ3) is 4.21. The van der Waals surface area contributed by atoms with E-state index in [9.17, 15) is 4.79 Å². The molecular weight excluding hydrogens is 355 g/mol. The van der Waals surface area contributed by atoms with Gasteiger partial charge in [0.25, 0.3) is 0 Å². The predicted molar refractivity (Wildman–Crippen MR) is 111 cm³/mol. The summed E-state index contributed by atoms with van der Waals surface area (Å²) in [6.07, 6.45) is 0. The highest BCUT2D eigenvalue weighted by Gasteiger charge is 2.51. The molecule has 0 unspecified atom stereocenters. The maximum absolute atomic E-state index is 12.3. The molecule has 1 aromatic rings. The summed E-state index contributed by atoms with van der Waals surface area (Å²) in [4.78, 5) is 16.4. The third-order valence-corrected chi connectivity index (χ3v) is 6.31. The van der Waals surface area contributed by atoms with Gasteiger partial charge in [-0.05, 0) is 59.1 Å². The Balaban J connectivity index is 1.50. The summed E-state index contributed by atoms with van der Waals surface area (Å²) in [6, 6.07) is 7.80. The Bertz CT molecular complexity index is 676. The molecule has 2 heterocycles. The van der Waals surface area contributed by atoms with Gasteiger partial charge >= 0.3 is 7.12 Å². The Morgan fingerprint density at radius 2 is 1.71 bits per heavy atom. The largest absolute Gasteiger partial charge is 0.494 e. The van der Waals surface area contributed by atoms with Crippen molar-refractivity contribution < 1.29 is 18.8 Å². The number of carbonyl (C=O) groups excluding carboxylic acids is 1. The molecule has 0 aromatic heterocycles. The standard InChI is InChI=1S/C21H33BN2O4/c1-7-23-12-13-24(16(2)19(23)25)14-15-26-18-10-8-17(9-11-18)22-27-20(3,4)21(5,6)28-22/h8-11,16H,7,12-15H2,1-6H3/t16-/m1/s1. The number of hydrogen-bond acceptors (Lipinski definition) is 5. The number of nitrogens with zero attached hydrogens (tertiary/aromatic N) is 2. The van der Waals surface area contributed by atoms with Crippen LogP contribution in [0.25, 0.3) is 0 Å². The number of rotatable bonds is 6. The topological polar surface area (TPSA) is 51.2 Å². The molecule has 0 saturated carbocycles. The summed E-state index contributed by atoms with van der Waals surface area (Å²) in [7, 11) is -0.360. The zero-order valence-electron chi connectivity index (χ0n) is 18.0. The van der Waals surface area contributed by atoms with Crippen LogP contribution in [0.1, 0.15) is 41.5 Å². The van der Waals surface area contributed by atoms with Crippen LogP contribution in [0.15, 0.2) is 24.3 Å². The fraction of sp³-hybridized carbons (Fsp3) is 0.667. The van der Waals surface area contributed by atoms with Crippen molar-refractivity contribution in [1.82, 2.24) is 9.80 Å². The van der Waals surface area contributed by atoms with E-state index in [1.807, 2.05) is 43.0 Å². The molecule has 7 heteroatoms. The van der Waals surface area contributed by atoms with Crippen LogP contribution >= 0.6 is 0 Å². The molecule has 1 atom stereocenters. The first kappa shape index (κ1) is 21.2. The Morgan fingerprint density at radius 1 is 1.11 bits per heavy atom.